The third-order valence-electron chi connectivity index (χ3n) is 4.32. The molecule has 1 saturated heterocycles. The number of carbonyl (C=O) groups is 1. The molecule has 24 heavy (non-hydrogen) atoms. The molecule has 1 aliphatic rings. The van der Waals surface area contributed by atoms with Crippen molar-refractivity contribution in [2.45, 2.75) is 6.92 Å². The zero-order chi connectivity index (χ0) is 16.7. The van der Waals surface area contributed by atoms with Crippen LogP contribution in [-0.4, -0.2) is 56.7 Å². The third kappa shape index (κ3) is 2.49. The van der Waals surface area contributed by atoms with Crippen LogP contribution in [0, 0.1) is 6.92 Å². The van der Waals surface area contributed by atoms with Gasteiger partial charge in [0.25, 0.3) is 11.9 Å². The molecule has 0 unspecified atom stereocenters. The third-order valence-corrected chi connectivity index (χ3v) is 4.32. The van der Waals surface area contributed by atoms with E-state index in [1.807, 2.05) is 42.0 Å². The van der Waals surface area contributed by atoms with Gasteiger partial charge >= 0.3 is 0 Å². The molecule has 8 heteroatoms. The highest BCUT2D eigenvalue weighted by atomic mass is 16.4. The average Bonchev–Trinajstić information content (AvgIpc) is 3.18. The molecular weight excluding hydrogens is 308 g/mol. The van der Waals surface area contributed by atoms with Crippen molar-refractivity contribution in [3.05, 3.63) is 35.8 Å². The van der Waals surface area contributed by atoms with Gasteiger partial charge in [-0.05, 0) is 25.1 Å². The average molecular weight is 326 g/mol. The molecule has 3 aromatic heterocycles. The summed E-state index contributed by atoms with van der Waals surface area (Å²) in [6.45, 7) is 4.50. The number of hydrogen-bond acceptors (Lipinski definition) is 6. The Kier molecular flexibility index (Phi) is 3.44. The lowest BCUT2D eigenvalue weighted by Crippen LogP contribution is -2.49. The molecular formula is C16H18N6O2. The second kappa shape index (κ2) is 5.63. The van der Waals surface area contributed by atoms with Crippen molar-refractivity contribution in [2.75, 3.05) is 31.1 Å². The summed E-state index contributed by atoms with van der Waals surface area (Å²) in [5.74, 6) is -0.0300. The molecule has 0 saturated carbocycles. The smallest absolute Gasteiger partial charge is 0.300 e. The molecule has 1 aliphatic heterocycles. The summed E-state index contributed by atoms with van der Waals surface area (Å²) >= 11 is 0. The van der Waals surface area contributed by atoms with Crippen molar-refractivity contribution in [2.24, 2.45) is 7.05 Å². The maximum atomic E-state index is 12.5. The van der Waals surface area contributed by atoms with Gasteiger partial charge in [-0.3, -0.25) is 9.48 Å². The molecule has 0 bridgehead atoms. The summed E-state index contributed by atoms with van der Waals surface area (Å²) in [4.78, 5) is 25.0. The van der Waals surface area contributed by atoms with Crippen LogP contribution in [-0.2, 0) is 7.05 Å². The lowest BCUT2D eigenvalue weighted by atomic mass is 10.2. The van der Waals surface area contributed by atoms with Crippen molar-refractivity contribution >= 4 is 23.2 Å². The SMILES string of the molecule is Cc1cc(C(=O)N2CCN(c3nc4ncccc4o3)CC2)nn1C. The van der Waals surface area contributed by atoms with Crippen LogP contribution in [0.15, 0.2) is 28.8 Å². The van der Waals surface area contributed by atoms with Gasteiger partial charge in [0.15, 0.2) is 11.3 Å². The molecule has 0 aliphatic carbocycles. The summed E-state index contributed by atoms with van der Waals surface area (Å²) in [6.07, 6.45) is 1.69. The Labute approximate surface area is 138 Å². The normalized spacial score (nSPS) is 15.2. The Morgan fingerprint density at radius 2 is 2.04 bits per heavy atom. The van der Waals surface area contributed by atoms with Gasteiger partial charge in [0.1, 0.15) is 0 Å². The van der Waals surface area contributed by atoms with E-state index in [-0.39, 0.29) is 5.91 Å². The lowest BCUT2D eigenvalue weighted by Gasteiger charge is -2.33. The van der Waals surface area contributed by atoms with Gasteiger partial charge in [0.2, 0.25) is 5.65 Å². The maximum Gasteiger partial charge on any atom is 0.300 e. The topological polar surface area (TPSA) is 80.3 Å². The fourth-order valence-corrected chi connectivity index (χ4v) is 2.82. The standard InChI is InChI=1S/C16H18N6O2/c1-11-10-12(19-20(11)2)15(23)21-6-8-22(9-7-21)16-18-14-13(24-16)4-3-5-17-14/h3-5,10H,6-9H2,1-2H3. The summed E-state index contributed by atoms with van der Waals surface area (Å²) in [5.41, 5.74) is 2.75. The van der Waals surface area contributed by atoms with Gasteiger partial charge in [-0.2, -0.15) is 10.1 Å². The molecule has 124 valence electrons. The molecule has 0 spiro atoms. The molecule has 0 aromatic carbocycles. The molecule has 8 nitrogen and oxygen atoms in total. The number of anilines is 1. The van der Waals surface area contributed by atoms with Crippen LogP contribution in [0.3, 0.4) is 0 Å². The van der Waals surface area contributed by atoms with Crippen molar-refractivity contribution < 1.29 is 9.21 Å². The molecule has 1 fully saturated rings. The first kappa shape index (κ1) is 14.7. The van der Waals surface area contributed by atoms with E-state index >= 15 is 0 Å². The van der Waals surface area contributed by atoms with Crippen LogP contribution >= 0.6 is 0 Å². The fraction of sp³-hybridized carbons (Fsp3) is 0.375. The zero-order valence-corrected chi connectivity index (χ0v) is 13.6. The lowest BCUT2D eigenvalue weighted by molar-refractivity contribution is 0.0738. The van der Waals surface area contributed by atoms with E-state index in [4.69, 9.17) is 4.42 Å². The molecule has 4 heterocycles. The Morgan fingerprint density at radius 3 is 2.71 bits per heavy atom. The van der Waals surface area contributed by atoms with E-state index < -0.39 is 0 Å². The monoisotopic (exact) mass is 326 g/mol. The Bertz CT molecular complexity index is 838. The van der Waals surface area contributed by atoms with Gasteiger partial charge in [0.05, 0.1) is 0 Å². The highest BCUT2D eigenvalue weighted by molar-refractivity contribution is 5.92. The van der Waals surface area contributed by atoms with E-state index in [2.05, 4.69) is 15.1 Å². The highest BCUT2D eigenvalue weighted by Gasteiger charge is 2.26. The number of nitrogens with zero attached hydrogens (tertiary/aromatic N) is 6. The summed E-state index contributed by atoms with van der Waals surface area (Å²) in [5, 5.41) is 4.26. The van der Waals surface area contributed by atoms with E-state index in [1.165, 1.54) is 0 Å². The minimum absolute atomic E-state index is 0.0300. The van der Waals surface area contributed by atoms with Gasteiger partial charge in [-0.15, -0.1) is 0 Å². The minimum Gasteiger partial charge on any atom is -0.422 e. The number of aromatic nitrogens is 4. The van der Waals surface area contributed by atoms with Crippen LogP contribution in [0.1, 0.15) is 16.2 Å². The Balaban J connectivity index is 1.45. The number of carbonyl (C=O) groups excluding carboxylic acids is 1. The number of amides is 1. The second-order valence-corrected chi connectivity index (χ2v) is 5.90. The van der Waals surface area contributed by atoms with Gasteiger partial charge in [0, 0.05) is 45.1 Å². The van der Waals surface area contributed by atoms with Crippen LogP contribution < -0.4 is 4.90 Å². The van der Waals surface area contributed by atoms with Crippen molar-refractivity contribution in [1.29, 1.82) is 0 Å². The largest absolute Gasteiger partial charge is 0.422 e. The first-order valence-electron chi connectivity index (χ1n) is 7.88. The molecule has 0 radical (unpaired) electrons. The van der Waals surface area contributed by atoms with E-state index in [0.717, 1.165) is 5.69 Å². The highest BCUT2D eigenvalue weighted by Crippen LogP contribution is 2.21. The number of fused-ring (bicyclic) bond motifs is 1. The van der Waals surface area contributed by atoms with Gasteiger partial charge in [-0.1, -0.05) is 0 Å². The first-order valence-corrected chi connectivity index (χ1v) is 7.88. The van der Waals surface area contributed by atoms with Crippen LogP contribution in [0.5, 0.6) is 0 Å². The van der Waals surface area contributed by atoms with Gasteiger partial charge < -0.3 is 14.2 Å². The summed E-state index contributed by atoms with van der Waals surface area (Å²) < 4.78 is 7.46. The molecule has 0 N–H and O–H groups in total. The number of pyridine rings is 1. The molecule has 4 rings (SSSR count). The summed E-state index contributed by atoms with van der Waals surface area (Å²) in [6, 6.07) is 6.05. The van der Waals surface area contributed by atoms with Crippen LogP contribution in [0.25, 0.3) is 11.2 Å². The van der Waals surface area contributed by atoms with E-state index in [9.17, 15) is 4.79 Å². The molecule has 3 aromatic rings. The van der Waals surface area contributed by atoms with Crippen molar-refractivity contribution in [3.8, 4) is 0 Å². The quantitative estimate of drug-likeness (QED) is 0.704. The first-order chi connectivity index (χ1) is 11.6. The predicted octanol–water partition coefficient (Wildman–Crippen LogP) is 1.23. The molecule has 0 atom stereocenters. The number of piperazine rings is 1. The zero-order valence-electron chi connectivity index (χ0n) is 13.6. The van der Waals surface area contributed by atoms with Crippen molar-refractivity contribution in [1.82, 2.24) is 24.6 Å². The van der Waals surface area contributed by atoms with E-state index in [1.54, 1.807) is 10.9 Å². The van der Waals surface area contributed by atoms with Crippen molar-refractivity contribution in [3.63, 3.8) is 0 Å². The van der Waals surface area contributed by atoms with Gasteiger partial charge in [-0.25, -0.2) is 4.98 Å². The fourth-order valence-electron chi connectivity index (χ4n) is 2.82. The Hall–Kier alpha value is -2.90. The molecule has 1 amide bonds. The van der Waals surface area contributed by atoms with E-state index in [0.29, 0.717) is 49.1 Å². The predicted molar refractivity (Wildman–Crippen MR) is 87.9 cm³/mol. The number of oxazole rings is 1. The maximum absolute atomic E-state index is 12.5. The number of rotatable bonds is 2. The second-order valence-electron chi connectivity index (χ2n) is 5.90. The minimum atomic E-state index is -0.0300. The number of hydrogen-bond donors (Lipinski definition) is 0. The van der Waals surface area contributed by atoms with Crippen LogP contribution in [0.4, 0.5) is 6.01 Å². The number of aryl methyl sites for hydroxylation is 2. The Morgan fingerprint density at radius 1 is 1.25 bits per heavy atom. The summed E-state index contributed by atoms with van der Waals surface area (Å²) in [7, 11) is 1.84. The van der Waals surface area contributed by atoms with Crippen LogP contribution in [0.2, 0.25) is 0 Å².